The standard InChI is InChI=1S/C14H24.C8H18.C3H8.2C2H6/c1-5-12-7-9-13(10-8-12)11-14(3,4)6-2;1-7(2)5-6-8(3)4;1-3-2;2*1-2/h7,9H,5-6,8,10-11H2,1-4H3;7-8H,5-6H2,1-4H3;3H2,1-2H3;2*1-2H3. The highest BCUT2D eigenvalue weighted by atomic mass is 14.2. The van der Waals surface area contributed by atoms with Crippen LogP contribution >= 0.6 is 0 Å². The predicted octanol–water partition coefficient (Wildman–Crippen LogP) is 11.4. The van der Waals surface area contributed by atoms with Crippen molar-refractivity contribution < 1.29 is 0 Å². The first-order valence-electron chi connectivity index (χ1n) is 13.0. The maximum absolute atomic E-state index is 2.37. The van der Waals surface area contributed by atoms with Gasteiger partial charge in [0, 0.05) is 0 Å². The molecule has 1 aliphatic rings. The van der Waals surface area contributed by atoms with Gasteiger partial charge in [0.1, 0.15) is 0 Å². The summed E-state index contributed by atoms with van der Waals surface area (Å²) in [5.74, 6) is 1.77. The van der Waals surface area contributed by atoms with Gasteiger partial charge in [0.2, 0.25) is 0 Å². The van der Waals surface area contributed by atoms with E-state index in [1.165, 1.54) is 51.4 Å². The van der Waals surface area contributed by atoms with Crippen molar-refractivity contribution in [2.75, 3.05) is 0 Å². The molecule has 0 saturated heterocycles. The number of rotatable bonds is 7. The average Bonchev–Trinajstić information content (AvgIpc) is 2.71. The van der Waals surface area contributed by atoms with Gasteiger partial charge in [-0.05, 0) is 42.9 Å². The summed E-state index contributed by atoms with van der Waals surface area (Å²) >= 11 is 0. The molecule has 0 spiro atoms. The first-order valence-corrected chi connectivity index (χ1v) is 13.0. The van der Waals surface area contributed by atoms with E-state index in [0.717, 1.165) is 11.8 Å². The maximum Gasteiger partial charge on any atom is -0.0266 e. The van der Waals surface area contributed by atoms with Gasteiger partial charge in [0.05, 0.1) is 0 Å². The summed E-state index contributed by atoms with van der Waals surface area (Å²) in [6.07, 6.45) is 15.1. The third-order valence-corrected chi connectivity index (χ3v) is 4.76. The summed E-state index contributed by atoms with van der Waals surface area (Å²) in [6.45, 7) is 30.6. The number of allylic oxidation sites excluding steroid dienone is 4. The molecule has 0 fully saturated rings. The average molecular weight is 411 g/mol. The Bertz CT molecular complexity index is 344. The van der Waals surface area contributed by atoms with Crippen LogP contribution in [0.4, 0.5) is 0 Å². The van der Waals surface area contributed by atoms with Crippen LogP contribution in [0.2, 0.25) is 0 Å². The van der Waals surface area contributed by atoms with Gasteiger partial charge in [-0.2, -0.15) is 0 Å². The molecule has 0 nitrogen and oxygen atoms in total. The second-order valence-corrected chi connectivity index (χ2v) is 9.27. The summed E-state index contributed by atoms with van der Waals surface area (Å²) in [5, 5.41) is 0. The Balaban J connectivity index is -0.000000177. The van der Waals surface area contributed by atoms with Crippen LogP contribution in [0, 0.1) is 17.3 Å². The van der Waals surface area contributed by atoms with Crippen LogP contribution in [0.3, 0.4) is 0 Å². The van der Waals surface area contributed by atoms with Crippen LogP contribution in [-0.2, 0) is 0 Å². The van der Waals surface area contributed by atoms with Crippen LogP contribution in [0.1, 0.15) is 148 Å². The van der Waals surface area contributed by atoms with Gasteiger partial charge in [0.15, 0.2) is 0 Å². The fourth-order valence-corrected chi connectivity index (χ4v) is 2.57. The molecule has 0 heteroatoms. The first-order chi connectivity index (χ1) is 13.6. The van der Waals surface area contributed by atoms with E-state index in [-0.39, 0.29) is 0 Å². The van der Waals surface area contributed by atoms with E-state index < -0.39 is 0 Å². The van der Waals surface area contributed by atoms with Crippen LogP contribution in [0.25, 0.3) is 0 Å². The third kappa shape index (κ3) is 29.8. The molecular formula is C29H62. The van der Waals surface area contributed by atoms with Gasteiger partial charge in [0.25, 0.3) is 0 Å². The highest BCUT2D eigenvalue weighted by Gasteiger charge is 2.18. The number of hydrogen-bond donors (Lipinski definition) is 0. The van der Waals surface area contributed by atoms with Crippen molar-refractivity contribution in [2.45, 2.75) is 148 Å². The molecule has 1 aliphatic carbocycles. The molecule has 0 bridgehead atoms. The van der Waals surface area contributed by atoms with Crippen LogP contribution in [0.15, 0.2) is 23.3 Å². The van der Waals surface area contributed by atoms with E-state index >= 15 is 0 Å². The topological polar surface area (TPSA) is 0 Å². The molecule has 0 radical (unpaired) electrons. The molecule has 0 aliphatic heterocycles. The molecule has 0 N–H and O–H groups in total. The molecule has 178 valence electrons. The second-order valence-electron chi connectivity index (χ2n) is 9.27. The minimum absolute atomic E-state index is 0.489. The lowest BCUT2D eigenvalue weighted by atomic mass is 9.80. The van der Waals surface area contributed by atoms with Gasteiger partial charge in [-0.1, -0.05) is 146 Å². The van der Waals surface area contributed by atoms with Crippen molar-refractivity contribution in [1.82, 2.24) is 0 Å². The van der Waals surface area contributed by atoms with Gasteiger partial charge in [-0.25, -0.2) is 0 Å². The predicted molar refractivity (Wildman–Crippen MR) is 142 cm³/mol. The van der Waals surface area contributed by atoms with Crippen LogP contribution < -0.4 is 0 Å². The maximum atomic E-state index is 2.37. The molecule has 0 atom stereocenters. The van der Waals surface area contributed by atoms with E-state index in [1.807, 2.05) is 27.7 Å². The molecule has 0 aromatic rings. The summed E-state index contributed by atoms with van der Waals surface area (Å²) in [5.41, 5.74) is 3.75. The summed E-state index contributed by atoms with van der Waals surface area (Å²) in [7, 11) is 0. The zero-order valence-electron chi connectivity index (χ0n) is 23.5. The first kappa shape index (κ1) is 35.9. The Labute approximate surface area is 189 Å². The lowest BCUT2D eigenvalue weighted by Gasteiger charge is -2.25. The Morgan fingerprint density at radius 1 is 0.724 bits per heavy atom. The normalized spacial score (nSPS) is 12.7. The molecular weight excluding hydrogens is 348 g/mol. The third-order valence-electron chi connectivity index (χ3n) is 4.76. The smallest absolute Gasteiger partial charge is 0.0266 e. The minimum Gasteiger partial charge on any atom is -0.0702 e. The Kier molecular flexibility index (Phi) is 31.6. The van der Waals surface area contributed by atoms with E-state index in [1.54, 1.807) is 11.1 Å². The van der Waals surface area contributed by atoms with Crippen molar-refractivity contribution >= 4 is 0 Å². The molecule has 0 aromatic heterocycles. The van der Waals surface area contributed by atoms with Crippen molar-refractivity contribution in [2.24, 2.45) is 17.3 Å². The highest BCUT2D eigenvalue weighted by molar-refractivity contribution is 5.24. The van der Waals surface area contributed by atoms with Crippen LogP contribution in [-0.4, -0.2) is 0 Å². The Morgan fingerprint density at radius 3 is 1.31 bits per heavy atom. The summed E-state index contributed by atoms with van der Waals surface area (Å²) in [6, 6.07) is 0. The van der Waals surface area contributed by atoms with E-state index in [2.05, 4.69) is 81.4 Å². The van der Waals surface area contributed by atoms with E-state index in [9.17, 15) is 0 Å². The molecule has 29 heavy (non-hydrogen) atoms. The molecule has 0 amide bonds. The summed E-state index contributed by atoms with van der Waals surface area (Å²) in [4.78, 5) is 0. The fraction of sp³-hybridized carbons (Fsp3) is 0.862. The van der Waals surface area contributed by atoms with Crippen LogP contribution in [0.5, 0.6) is 0 Å². The molecule has 1 rings (SSSR count). The van der Waals surface area contributed by atoms with Gasteiger partial charge >= 0.3 is 0 Å². The van der Waals surface area contributed by atoms with Crippen molar-refractivity contribution in [3.8, 4) is 0 Å². The lowest BCUT2D eigenvalue weighted by Crippen LogP contribution is -2.11. The zero-order valence-corrected chi connectivity index (χ0v) is 23.5. The molecule has 0 saturated carbocycles. The molecule has 0 unspecified atom stereocenters. The van der Waals surface area contributed by atoms with Crippen molar-refractivity contribution in [3.05, 3.63) is 23.3 Å². The molecule has 0 heterocycles. The van der Waals surface area contributed by atoms with Crippen molar-refractivity contribution in [3.63, 3.8) is 0 Å². The quantitative estimate of drug-likeness (QED) is 0.391. The zero-order chi connectivity index (χ0) is 23.9. The summed E-state index contributed by atoms with van der Waals surface area (Å²) < 4.78 is 0. The largest absolute Gasteiger partial charge is 0.0702 e. The highest BCUT2D eigenvalue weighted by Crippen LogP contribution is 2.33. The van der Waals surface area contributed by atoms with Gasteiger partial charge in [-0.15, -0.1) is 0 Å². The SMILES string of the molecule is CC.CC.CC(C)CCC(C)C.CCC.CCC1=CC=C(CC(C)(C)CC)CC1. The minimum atomic E-state index is 0.489. The Morgan fingerprint density at radius 2 is 1.07 bits per heavy atom. The lowest BCUT2D eigenvalue weighted by molar-refractivity contribution is 0.344. The van der Waals surface area contributed by atoms with Crippen molar-refractivity contribution in [1.29, 1.82) is 0 Å². The van der Waals surface area contributed by atoms with Gasteiger partial charge in [-0.3, -0.25) is 0 Å². The van der Waals surface area contributed by atoms with E-state index in [4.69, 9.17) is 0 Å². The molecule has 0 aromatic carbocycles. The van der Waals surface area contributed by atoms with E-state index in [0.29, 0.717) is 5.41 Å². The number of hydrogen-bond acceptors (Lipinski definition) is 0. The second kappa shape index (κ2) is 25.5. The van der Waals surface area contributed by atoms with Gasteiger partial charge < -0.3 is 0 Å². The fourth-order valence-electron chi connectivity index (χ4n) is 2.57. The Hall–Kier alpha value is -0.520. The monoisotopic (exact) mass is 410 g/mol.